The van der Waals surface area contributed by atoms with Gasteiger partial charge < -0.3 is 10.4 Å². The molecule has 0 saturated heterocycles. The van der Waals surface area contributed by atoms with Crippen LogP contribution in [-0.2, 0) is 6.42 Å². The first kappa shape index (κ1) is 14.0. The summed E-state index contributed by atoms with van der Waals surface area (Å²) < 4.78 is 0. The molecule has 0 bridgehead atoms. The lowest BCUT2D eigenvalue weighted by Crippen LogP contribution is -2.27. The molecule has 0 aliphatic carbocycles. The summed E-state index contributed by atoms with van der Waals surface area (Å²) in [6, 6.07) is 10.1. The van der Waals surface area contributed by atoms with E-state index in [0.717, 1.165) is 28.0 Å². The summed E-state index contributed by atoms with van der Waals surface area (Å²) in [5.41, 5.74) is 2.35. The monoisotopic (exact) mass is 299 g/mol. The lowest BCUT2D eigenvalue weighted by atomic mass is 10.1. The normalized spacial score (nSPS) is 12.5. The van der Waals surface area contributed by atoms with Gasteiger partial charge in [0.1, 0.15) is 17.0 Å². The van der Waals surface area contributed by atoms with Crippen molar-refractivity contribution in [1.29, 1.82) is 0 Å². The number of rotatable bonds is 5. The Labute approximate surface area is 127 Å². The molecule has 2 aromatic heterocycles. The summed E-state index contributed by atoms with van der Waals surface area (Å²) in [5.74, 6) is 0.800. The van der Waals surface area contributed by atoms with Crippen molar-refractivity contribution >= 4 is 27.4 Å². The van der Waals surface area contributed by atoms with Gasteiger partial charge in [-0.05, 0) is 29.9 Å². The number of fused-ring (bicyclic) bond motifs is 1. The van der Waals surface area contributed by atoms with Crippen molar-refractivity contribution in [3.05, 3.63) is 53.2 Å². The second-order valence-corrected chi connectivity index (χ2v) is 5.89. The number of hydrogen-bond donors (Lipinski definition) is 2. The van der Waals surface area contributed by atoms with E-state index >= 15 is 0 Å². The van der Waals surface area contributed by atoms with Crippen LogP contribution >= 0.6 is 11.3 Å². The average Bonchev–Trinajstić information content (AvgIpc) is 2.90. The minimum atomic E-state index is -0.0650. The largest absolute Gasteiger partial charge is 0.394 e. The molecule has 5 heteroatoms. The van der Waals surface area contributed by atoms with Crippen LogP contribution in [0.25, 0.3) is 10.2 Å². The van der Waals surface area contributed by atoms with Gasteiger partial charge in [-0.25, -0.2) is 9.97 Å². The first-order valence-corrected chi connectivity index (χ1v) is 7.76. The summed E-state index contributed by atoms with van der Waals surface area (Å²) >= 11 is 1.61. The second kappa shape index (κ2) is 6.20. The maximum atomic E-state index is 9.64. The Morgan fingerprint density at radius 3 is 2.81 bits per heavy atom. The molecular formula is C16H17N3OS. The number of nitrogens with one attached hydrogen (secondary N) is 1. The van der Waals surface area contributed by atoms with Crippen LogP contribution in [0.15, 0.2) is 42.0 Å². The molecule has 0 fully saturated rings. The van der Waals surface area contributed by atoms with Gasteiger partial charge in [-0.1, -0.05) is 30.3 Å². The zero-order valence-corrected chi connectivity index (χ0v) is 12.6. The van der Waals surface area contributed by atoms with Crippen molar-refractivity contribution < 1.29 is 5.11 Å². The molecule has 2 N–H and O–H groups in total. The number of aryl methyl sites for hydroxylation is 1. The molecule has 0 amide bonds. The third-order valence-corrected chi connectivity index (χ3v) is 4.44. The maximum Gasteiger partial charge on any atom is 0.138 e. The zero-order chi connectivity index (χ0) is 14.7. The molecule has 3 rings (SSSR count). The molecule has 1 aromatic carbocycles. The van der Waals surface area contributed by atoms with E-state index in [1.807, 2.05) is 18.2 Å². The van der Waals surface area contributed by atoms with Crippen molar-refractivity contribution in [2.45, 2.75) is 19.4 Å². The number of aliphatic hydroxyl groups excluding tert-OH is 1. The van der Waals surface area contributed by atoms with Crippen molar-refractivity contribution in [2.75, 3.05) is 11.9 Å². The third-order valence-electron chi connectivity index (χ3n) is 3.44. The molecule has 0 aliphatic heterocycles. The van der Waals surface area contributed by atoms with Crippen LogP contribution in [0.4, 0.5) is 5.82 Å². The highest BCUT2D eigenvalue weighted by Crippen LogP contribution is 2.28. The first-order chi connectivity index (χ1) is 10.3. The van der Waals surface area contributed by atoms with Crippen molar-refractivity contribution in [1.82, 2.24) is 9.97 Å². The molecule has 0 radical (unpaired) electrons. The lowest BCUT2D eigenvalue weighted by molar-refractivity contribution is 0.273. The smallest absolute Gasteiger partial charge is 0.138 e. The topological polar surface area (TPSA) is 58.0 Å². The summed E-state index contributed by atoms with van der Waals surface area (Å²) in [6.45, 7) is 2.11. The summed E-state index contributed by atoms with van der Waals surface area (Å²) in [6.07, 6.45) is 2.32. The van der Waals surface area contributed by atoms with Crippen LogP contribution in [0, 0.1) is 6.92 Å². The number of aliphatic hydroxyl groups is 1. The molecule has 0 saturated carbocycles. The Balaban J connectivity index is 1.84. The molecule has 1 atom stereocenters. The number of hydrogen-bond acceptors (Lipinski definition) is 5. The van der Waals surface area contributed by atoms with Crippen LogP contribution in [0.1, 0.15) is 11.1 Å². The fourth-order valence-corrected chi connectivity index (χ4v) is 3.27. The van der Waals surface area contributed by atoms with Gasteiger partial charge in [0, 0.05) is 0 Å². The van der Waals surface area contributed by atoms with Crippen LogP contribution in [0.2, 0.25) is 0 Å². The van der Waals surface area contributed by atoms with Crippen LogP contribution in [0.5, 0.6) is 0 Å². The molecule has 108 valence electrons. The Morgan fingerprint density at radius 1 is 1.24 bits per heavy atom. The highest BCUT2D eigenvalue weighted by atomic mass is 32.1. The molecule has 0 spiro atoms. The third kappa shape index (κ3) is 3.04. The fraction of sp³-hybridized carbons (Fsp3) is 0.250. The lowest BCUT2D eigenvalue weighted by Gasteiger charge is -2.17. The first-order valence-electron chi connectivity index (χ1n) is 6.88. The van der Waals surface area contributed by atoms with E-state index in [1.54, 1.807) is 17.7 Å². The molecule has 3 aromatic rings. The Kier molecular flexibility index (Phi) is 4.13. The van der Waals surface area contributed by atoms with Gasteiger partial charge in [-0.15, -0.1) is 11.3 Å². The van der Waals surface area contributed by atoms with E-state index in [0.29, 0.717) is 0 Å². The molecule has 4 nitrogen and oxygen atoms in total. The van der Waals surface area contributed by atoms with Gasteiger partial charge in [-0.2, -0.15) is 0 Å². The van der Waals surface area contributed by atoms with Gasteiger partial charge in [0.15, 0.2) is 0 Å². The number of thiophene rings is 1. The van der Waals surface area contributed by atoms with Gasteiger partial charge >= 0.3 is 0 Å². The maximum absolute atomic E-state index is 9.64. The number of anilines is 1. The van der Waals surface area contributed by atoms with Crippen LogP contribution in [-0.4, -0.2) is 27.7 Å². The number of benzene rings is 1. The van der Waals surface area contributed by atoms with E-state index in [1.165, 1.54) is 5.56 Å². The number of aromatic nitrogens is 2. The average molecular weight is 299 g/mol. The Bertz CT molecular complexity index is 727. The fourth-order valence-electron chi connectivity index (χ4n) is 2.38. The van der Waals surface area contributed by atoms with Crippen molar-refractivity contribution in [3.8, 4) is 0 Å². The summed E-state index contributed by atoms with van der Waals surface area (Å²) in [5, 5.41) is 16.1. The molecule has 0 aliphatic rings. The van der Waals surface area contributed by atoms with Crippen molar-refractivity contribution in [3.63, 3.8) is 0 Å². The standard InChI is InChI=1S/C16H17N3OS/c1-11-9-21-16-14(11)15(17-10-18-16)19-13(8-20)7-12-5-3-2-4-6-12/h2-6,9-10,13,20H,7-8H2,1H3,(H,17,18,19)/t13-/m0/s1. The highest BCUT2D eigenvalue weighted by molar-refractivity contribution is 7.17. The summed E-state index contributed by atoms with van der Waals surface area (Å²) in [7, 11) is 0. The van der Waals surface area contributed by atoms with Crippen LogP contribution in [0.3, 0.4) is 0 Å². The Morgan fingerprint density at radius 2 is 2.05 bits per heavy atom. The highest BCUT2D eigenvalue weighted by Gasteiger charge is 2.13. The SMILES string of the molecule is Cc1csc2ncnc(N[C@H](CO)Cc3ccccc3)c12. The van der Waals surface area contributed by atoms with Gasteiger partial charge in [0.25, 0.3) is 0 Å². The molecular weight excluding hydrogens is 282 g/mol. The zero-order valence-electron chi connectivity index (χ0n) is 11.8. The molecule has 0 unspecified atom stereocenters. The van der Waals surface area contributed by atoms with E-state index in [9.17, 15) is 5.11 Å². The van der Waals surface area contributed by atoms with Gasteiger partial charge in [0.05, 0.1) is 18.0 Å². The van der Waals surface area contributed by atoms with Crippen LogP contribution < -0.4 is 5.32 Å². The van der Waals surface area contributed by atoms with Gasteiger partial charge in [0.2, 0.25) is 0 Å². The summed E-state index contributed by atoms with van der Waals surface area (Å²) in [4.78, 5) is 9.60. The van der Waals surface area contributed by atoms with E-state index in [-0.39, 0.29) is 12.6 Å². The quantitative estimate of drug-likeness (QED) is 0.760. The van der Waals surface area contributed by atoms with E-state index in [2.05, 4.69) is 39.7 Å². The second-order valence-electron chi connectivity index (χ2n) is 5.03. The predicted octanol–water partition coefficient (Wildman–Crippen LogP) is 3.02. The van der Waals surface area contributed by atoms with E-state index in [4.69, 9.17) is 0 Å². The molecule has 2 heterocycles. The molecule has 21 heavy (non-hydrogen) atoms. The minimum absolute atomic E-state index is 0.0591. The minimum Gasteiger partial charge on any atom is -0.394 e. The predicted molar refractivity (Wildman–Crippen MR) is 86.8 cm³/mol. The van der Waals surface area contributed by atoms with Crippen molar-refractivity contribution in [2.24, 2.45) is 0 Å². The Hall–Kier alpha value is -1.98. The number of nitrogens with zero attached hydrogens (tertiary/aromatic N) is 2. The van der Waals surface area contributed by atoms with Gasteiger partial charge in [-0.3, -0.25) is 0 Å². The van der Waals surface area contributed by atoms with E-state index < -0.39 is 0 Å².